The van der Waals surface area contributed by atoms with E-state index in [1.54, 1.807) is 20.8 Å². The Kier molecular flexibility index (Phi) is 6.42. The molecule has 0 radical (unpaired) electrons. The van der Waals surface area contributed by atoms with Crippen molar-refractivity contribution in [1.82, 2.24) is 24.9 Å². The maximum atomic E-state index is 13.6. The van der Waals surface area contributed by atoms with E-state index in [4.69, 9.17) is 9.26 Å². The number of benzene rings is 1. The van der Waals surface area contributed by atoms with Crippen LogP contribution in [-0.4, -0.2) is 44.0 Å². The Hall–Kier alpha value is -3.52. The maximum Gasteiger partial charge on any atom is 0.419 e. The average Bonchev–Trinajstić information content (AvgIpc) is 3.48. The van der Waals surface area contributed by atoms with Gasteiger partial charge in [-0.15, -0.1) is 5.10 Å². The zero-order valence-electron chi connectivity index (χ0n) is 20.6. The number of aryl methyl sites for hydroxylation is 1. The second-order valence-corrected chi connectivity index (χ2v) is 9.86. The van der Waals surface area contributed by atoms with Crippen LogP contribution in [0.1, 0.15) is 49.7 Å². The summed E-state index contributed by atoms with van der Waals surface area (Å²) in [5, 5.41) is 11.5. The van der Waals surface area contributed by atoms with Gasteiger partial charge in [0.05, 0.1) is 17.2 Å². The highest BCUT2D eigenvalue weighted by atomic mass is 19.4. The minimum Gasteiger partial charge on any atom is -0.424 e. The van der Waals surface area contributed by atoms with Crippen molar-refractivity contribution in [1.29, 1.82) is 0 Å². The second kappa shape index (κ2) is 9.34. The summed E-state index contributed by atoms with van der Waals surface area (Å²) in [7, 11) is 0. The number of piperidine rings is 1. The third kappa shape index (κ3) is 5.10. The maximum absolute atomic E-state index is 13.6. The van der Waals surface area contributed by atoms with Gasteiger partial charge < -0.3 is 19.5 Å². The summed E-state index contributed by atoms with van der Waals surface area (Å²) in [6, 6.07) is 0.732. The summed E-state index contributed by atoms with van der Waals surface area (Å²) < 4.78 is 92.3. The molecule has 1 saturated heterocycles. The first-order valence-electron chi connectivity index (χ1n) is 12.0. The van der Waals surface area contributed by atoms with E-state index in [2.05, 4.69) is 25.5 Å². The fraction of sp³-hybridized carbons (Fsp3) is 0.565. The molecule has 206 valence electrons. The summed E-state index contributed by atoms with van der Waals surface area (Å²) in [6.45, 7) is 6.46. The Balaban J connectivity index is 1.39. The highest BCUT2D eigenvalue weighted by molar-refractivity contribution is 5.43. The summed E-state index contributed by atoms with van der Waals surface area (Å²) in [5.74, 6) is 0.0425. The lowest BCUT2D eigenvalue weighted by molar-refractivity contribution is -0.142. The zero-order valence-corrected chi connectivity index (χ0v) is 20.6. The Bertz CT molecular complexity index is 1290. The molecule has 15 heteroatoms. The van der Waals surface area contributed by atoms with Gasteiger partial charge in [0, 0.05) is 19.1 Å². The Morgan fingerprint density at radius 2 is 1.71 bits per heavy atom. The molecule has 2 bridgehead atoms. The molecule has 0 spiro atoms. The van der Waals surface area contributed by atoms with Crippen molar-refractivity contribution in [3.8, 4) is 11.8 Å². The van der Waals surface area contributed by atoms with Crippen LogP contribution in [0.15, 0.2) is 22.7 Å². The molecule has 38 heavy (non-hydrogen) atoms. The fourth-order valence-corrected chi connectivity index (χ4v) is 5.07. The Labute approximate surface area is 213 Å². The number of hydrogen-bond donors (Lipinski definition) is 1. The molecule has 1 aromatic carbocycles. The van der Waals surface area contributed by atoms with Crippen molar-refractivity contribution in [2.24, 2.45) is 11.8 Å². The van der Waals surface area contributed by atoms with Crippen LogP contribution in [0.2, 0.25) is 0 Å². The number of nitrogens with one attached hydrogen (secondary N) is 1. The van der Waals surface area contributed by atoms with Gasteiger partial charge in [0.2, 0.25) is 5.95 Å². The lowest BCUT2D eigenvalue weighted by Crippen LogP contribution is -2.48. The van der Waals surface area contributed by atoms with Gasteiger partial charge in [-0.3, -0.25) is 0 Å². The van der Waals surface area contributed by atoms with Crippen LogP contribution in [0, 0.1) is 18.8 Å². The van der Waals surface area contributed by atoms with Gasteiger partial charge in [0.15, 0.2) is 5.82 Å². The summed E-state index contributed by atoms with van der Waals surface area (Å²) in [6.07, 6.45) is -7.93. The first kappa shape index (κ1) is 26.1. The summed E-state index contributed by atoms with van der Waals surface area (Å²) in [5.41, 5.74) is -2.62. The molecular formula is C23H25F6N7O2. The molecule has 1 aliphatic carbocycles. The quantitative estimate of drug-likeness (QED) is 0.394. The lowest BCUT2D eigenvalue weighted by atomic mass is 9.92. The third-order valence-electron chi connectivity index (χ3n) is 6.82. The molecule has 2 fully saturated rings. The van der Waals surface area contributed by atoms with E-state index in [0.717, 1.165) is 12.8 Å². The normalized spacial score (nSPS) is 21.8. The molecule has 2 aliphatic rings. The van der Waals surface area contributed by atoms with Gasteiger partial charge in [-0.1, -0.05) is 5.16 Å². The van der Waals surface area contributed by atoms with Crippen molar-refractivity contribution in [3.05, 3.63) is 35.2 Å². The van der Waals surface area contributed by atoms with Gasteiger partial charge in [0.25, 0.3) is 0 Å². The number of ether oxygens (including phenoxy) is 1. The highest BCUT2D eigenvalue weighted by Crippen LogP contribution is 2.43. The molecular weight excluding hydrogens is 520 g/mol. The third-order valence-corrected chi connectivity index (χ3v) is 6.82. The monoisotopic (exact) mass is 545 g/mol. The molecule has 1 N–H and O–H groups in total. The van der Waals surface area contributed by atoms with Gasteiger partial charge in [-0.05, 0) is 63.6 Å². The van der Waals surface area contributed by atoms with Crippen molar-refractivity contribution in [2.45, 2.75) is 58.0 Å². The van der Waals surface area contributed by atoms with Gasteiger partial charge >= 0.3 is 24.4 Å². The van der Waals surface area contributed by atoms with E-state index in [1.165, 1.54) is 4.68 Å². The number of halogens is 6. The molecule has 1 aliphatic heterocycles. The van der Waals surface area contributed by atoms with E-state index in [0.29, 0.717) is 43.1 Å². The highest BCUT2D eigenvalue weighted by Gasteiger charge is 2.44. The van der Waals surface area contributed by atoms with E-state index in [-0.39, 0.29) is 29.8 Å². The standard InChI is InChI=1S/C23H25F6N7O2/c1-11(2)36-21(37-17-8-15(22(24,25)26)6-7-16(17)23(27,28)29)32-19(33-36)31-18-13-4-5-14(18)10-35(9-13)20-30-12(3)34-38-20/h6-8,11,13-14,18H,4-5,9-10H2,1-3H3,(H,31,33). The SMILES string of the molecule is Cc1noc(N2CC3CCC(C2)C3Nc2nc(Oc3cc(C(F)(F)F)ccc3C(F)(F)F)n(C(C)C)n2)n1. The second-order valence-electron chi connectivity index (χ2n) is 9.86. The number of fused-ring (bicyclic) bond motifs is 2. The number of aromatic nitrogens is 5. The lowest BCUT2D eigenvalue weighted by Gasteiger charge is -2.37. The molecule has 9 nitrogen and oxygen atoms in total. The van der Waals surface area contributed by atoms with Gasteiger partial charge in [-0.2, -0.15) is 36.3 Å². The largest absolute Gasteiger partial charge is 0.424 e. The van der Waals surface area contributed by atoms with Crippen molar-refractivity contribution in [3.63, 3.8) is 0 Å². The molecule has 2 atom stereocenters. The predicted octanol–water partition coefficient (Wildman–Crippen LogP) is 5.71. The van der Waals surface area contributed by atoms with Crippen molar-refractivity contribution in [2.75, 3.05) is 23.3 Å². The van der Waals surface area contributed by atoms with E-state index in [1.807, 2.05) is 4.90 Å². The molecule has 5 rings (SSSR count). The van der Waals surface area contributed by atoms with Crippen LogP contribution in [-0.2, 0) is 12.4 Å². The van der Waals surface area contributed by atoms with E-state index >= 15 is 0 Å². The minimum atomic E-state index is -4.94. The van der Waals surface area contributed by atoms with Crippen LogP contribution in [0.25, 0.3) is 0 Å². The molecule has 3 heterocycles. The fourth-order valence-electron chi connectivity index (χ4n) is 5.07. The van der Waals surface area contributed by atoms with Crippen LogP contribution in [0.4, 0.5) is 38.3 Å². The van der Waals surface area contributed by atoms with Crippen LogP contribution >= 0.6 is 0 Å². The Morgan fingerprint density at radius 1 is 1.03 bits per heavy atom. The van der Waals surface area contributed by atoms with Crippen LogP contribution in [0.5, 0.6) is 11.8 Å². The van der Waals surface area contributed by atoms with Crippen LogP contribution in [0.3, 0.4) is 0 Å². The number of nitrogens with zero attached hydrogens (tertiary/aromatic N) is 6. The first-order chi connectivity index (χ1) is 17.8. The zero-order chi connectivity index (χ0) is 27.4. The topological polar surface area (TPSA) is 94.1 Å². The predicted molar refractivity (Wildman–Crippen MR) is 122 cm³/mol. The van der Waals surface area contributed by atoms with Crippen molar-refractivity contribution >= 4 is 12.0 Å². The minimum absolute atomic E-state index is 0.0228. The number of alkyl halides is 6. The molecule has 3 aromatic rings. The summed E-state index contributed by atoms with van der Waals surface area (Å²) in [4.78, 5) is 10.6. The Morgan fingerprint density at radius 3 is 2.26 bits per heavy atom. The van der Waals surface area contributed by atoms with Crippen LogP contribution < -0.4 is 15.0 Å². The number of rotatable bonds is 6. The molecule has 1 saturated carbocycles. The van der Waals surface area contributed by atoms with E-state index < -0.39 is 35.3 Å². The molecule has 0 amide bonds. The van der Waals surface area contributed by atoms with E-state index in [9.17, 15) is 26.3 Å². The molecule has 2 aromatic heterocycles. The van der Waals surface area contributed by atoms with Gasteiger partial charge in [-0.25, -0.2) is 4.68 Å². The number of hydrogen-bond acceptors (Lipinski definition) is 8. The summed E-state index contributed by atoms with van der Waals surface area (Å²) >= 11 is 0. The van der Waals surface area contributed by atoms with Crippen molar-refractivity contribution < 1.29 is 35.6 Å². The first-order valence-corrected chi connectivity index (χ1v) is 12.0. The molecule has 2 unspecified atom stereocenters. The van der Waals surface area contributed by atoms with Gasteiger partial charge in [0.1, 0.15) is 5.75 Å². The smallest absolute Gasteiger partial charge is 0.419 e. The average molecular weight is 545 g/mol. The number of anilines is 2.